The number of benzene rings is 1. The molecule has 6 nitrogen and oxygen atoms in total. The van der Waals surface area contributed by atoms with Crippen LogP contribution in [0.25, 0.3) is 16.6 Å². The van der Waals surface area contributed by atoms with E-state index in [4.69, 9.17) is 11.6 Å². The normalized spacial score (nSPS) is 12.3. The summed E-state index contributed by atoms with van der Waals surface area (Å²) in [5.74, 6) is -1.64. The lowest BCUT2D eigenvalue weighted by Gasteiger charge is -2.10. The molecule has 0 unspecified atom stereocenters. The van der Waals surface area contributed by atoms with Crippen LogP contribution < -0.4 is 0 Å². The van der Waals surface area contributed by atoms with Crippen LogP contribution in [-0.2, 0) is 9.59 Å². The van der Waals surface area contributed by atoms with Gasteiger partial charge in [-0.25, -0.2) is 9.42 Å². The molecule has 2 aromatic rings. The van der Waals surface area contributed by atoms with Crippen molar-refractivity contribution >= 4 is 40.0 Å². The first-order valence-electron chi connectivity index (χ1n) is 5.81. The van der Waals surface area contributed by atoms with E-state index >= 15 is 0 Å². The fourth-order valence-electron chi connectivity index (χ4n) is 2.03. The van der Waals surface area contributed by atoms with Crippen LogP contribution in [0.3, 0.4) is 0 Å². The standard InChI is InChI=1S/C13H11ClN2O4/c1-7(17)11(13(18)19)8(5-6-14)9-3-2-4-10-12(9)16-20-15-10/h2-4H,5-6H2,1H3,(H,18,19). The van der Waals surface area contributed by atoms with Gasteiger partial charge in [0.25, 0.3) is 0 Å². The average molecular weight is 295 g/mol. The second-order valence-electron chi connectivity index (χ2n) is 4.09. The monoisotopic (exact) mass is 294 g/mol. The van der Waals surface area contributed by atoms with E-state index in [1.807, 2.05) is 0 Å². The molecule has 0 atom stereocenters. The van der Waals surface area contributed by atoms with Gasteiger partial charge in [0.1, 0.15) is 16.6 Å². The number of ketones is 1. The summed E-state index contributed by atoms with van der Waals surface area (Å²) >= 11 is 5.73. The van der Waals surface area contributed by atoms with Crippen LogP contribution in [-0.4, -0.2) is 33.1 Å². The maximum absolute atomic E-state index is 11.6. The molecule has 7 heteroatoms. The van der Waals surface area contributed by atoms with E-state index < -0.39 is 11.8 Å². The topological polar surface area (TPSA) is 93.3 Å². The van der Waals surface area contributed by atoms with E-state index in [2.05, 4.69) is 14.9 Å². The Kier molecular flexibility index (Phi) is 4.14. The maximum Gasteiger partial charge on any atom is 0.339 e. The van der Waals surface area contributed by atoms with Gasteiger partial charge in [0.05, 0.1) is 0 Å². The summed E-state index contributed by atoms with van der Waals surface area (Å²) in [6.07, 6.45) is 0.231. The van der Waals surface area contributed by atoms with Crippen LogP contribution in [0.15, 0.2) is 28.4 Å². The molecule has 0 aliphatic rings. The molecule has 0 bridgehead atoms. The Morgan fingerprint density at radius 2 is 2.10 bits per heavy atom. The molecule has 2 rings (SSSR count). The van der Waals surface area contributed by atoms with Gasteiger partial charge in [-0.3, -0.25) is 4.79 Å². The molecule has 20 heavy (non-hydrogen) atoms. The Labute approximate surface area is 119 Å². The van der Waals surface area contributed by atoms with Gasteiger partial charge in [-0.2, -0.15) is 0 Å². The minimum absolute atomic E-state index is 0.182. The molecule has 1 aromatic heterocycles. The molecule has 0 saturated carbocycles. The fraction of sp³-hybridized carbons (Fsp3) is 0.231. The highest BCUT2D eigenvalue weighted by molar-refractivity contribution is 6.23. The lowest BCUT2D eigenvalue weighted by Crippen LogP contribution is -2.12. The first kappa shape index (κ1) is 14.2. The van der Waals surface area contributed by atoms with Crippen molar-refractivity contribution < 1.29 is 19.3 Å². The number of allylic oxidation sites excluding steroid dienone is 1. The number of nitrogens with zero attached hydrogens (tertiary/aromatic N) is 2. The van der Waals surface area contributed by atoms with E-state index in [1.54, 1.807) is 18.2 Å². The Hall–Kier alpha value is -2.21. The zero-order valence-electron chi connectivity index (χ0n) is 10.6. The van der Waals surface area contributed by atoms with Crippen molar-refractivity contribution in [1.29, 1.82) is 0 Å². The summed E-state index contributed by atoms with van der Waals surface area (Å²) in [5.41, 5.74) is 1.44. The Balaban J connectivity index is 2.76. The number of Topliss-reactive ketones (excluding diaryl/α,β-unsaturated/α-hetero) is 1. The lowest BCUT2D eigenvalue weighted by molar-refractivity contribution is -0.134. The highest BCUT2D eigenvalue weighted by Crippen LogP contribution is 2.29. The molecule has 1 heterocycles. The van der Waals surface area contributed by atoms with Gasteiger partial charge < -0.3 is 5.11 Å². The van der Waals surface area contributed by atoms with Crippen molar-refractivity contribution in [2.75, 3.05) is 5.88 Å². The number of fused-ring (bicyclic) bond motifs is 1. The summed E-state index contributed by atoms with van der Waals surface area (Å²) in [6.45, 7) is 1.21. The molecule has 0 saturated heterocycles. The zero-order chi connectivity index (χ0) is 14.7. The van der Waals surface area contributed by atoms with Crippen LogP contribution in [0.2, 0.25) is 0 Å². The summed E-state index contributed by atoms with van der Waals surface area (Å²) < 4.78 is 4.65. The number of aromatic nitrogens is 2. The number of hydrogen-bond acceptors (Lipinski definition) is 5. The van der Waals surface area contributed by atoms with Crippen molar-refractivity contribution in [3.05, 3.63) is 29.3 Å². The number of hydrogen-bond donors (Lipinski definition) is 1. The molecule has 0 aliphatic carbocycles. The largest absolute Gasteiger partial charge is 0.478 e. The van der Waals surface area contributed by atoms with Gasteiger partial charge >= 0.3 is 5.97 Å². The number of carboxylic acids is 1. The van der Waals surface area contributed by atoms with Gasteiger partial charge in [0.2, 0.25) is 0 Å². The number of rotatable bonds is 5. The highest BCUT2D eigenvalue weighted by atomic mass is 35.5. The summed E-state index contributed by atoms with van der Waals surface area (Å²) in [5, 5.41) is 16.7. The van der Waals surface area contributed by atoms with Crippen molar-refractivity contribution in [3.8, 4) is 0 Å². The van der Waals surface area contributed by atoms with E-state index in [1.165, 1.54) is 6.92 Å². The third-order valence-corrected chi connectivity index (χ3v) is 3.01. The van der Waals surface area contributed by atoms with Crippen molar-refractivity contribution in [1.82, 2.24) is 10.3 Å². The Bertz CT molecular complexity index is 689. The second kappa shape index (κ2) is 5.83. The number of carbonyl (C=O) groups is 2. The van der Waals surface area contributed by atoms with Crippen LogP contribution in [0, 0.1) is 0 Å². The first-order valence-corrected chi connectivity index (χ1v) is 6.34. The van der Waals surface area contributed by atoms with Crippen molar-refractivity contribution in [2.24, 2.45) is 0 Å². The van der Waals surface area contributed by atoms with Crippen LogP contribution in [0.1, 0.15) is 18.9 Å². The SMILES string of the molecule is CC(=O)C(C(=O)O)=C(CCCl)c1cccc2nonc12. The summed E-state index contributed by atoms with van der Waals surface area (Å²) in [4.78, 5) is 22.9. The number of aliphatic carboxylic acids is 1. The third kappa shape index (κ3) is 2.55. The van der Waals surface area contributed by atoms with Crippen LogP contribution in [0.4, 0.5) is 0 Å². The van der Waals surface area contributed by atoms with Gasteiger partial charge in [0.15, 0.2) is 5.78 Å². The Morgan fingerprint density at radius 1 is 1.35 bits per heavy atom. The van der Waals surface area contributed by atoms with Crippen molar-refractivity contribution in [3.63, 3.8) is 0 Å². The predicted octanol–water partition coefficient (Wildman–Crippen LogP) is 2.28. The van der Waals surface area contributed by atoms with E-state index in [9.17, 15) is 14.7 Å². The predicted molar refractivity (Wildman–Crippen MR) is 72.4 cm³/mol. The zero-order valence-corrected chi connectivity index (χ0v) is 11.3. The average Bonchev–Trinajstić information content (AvgIpc) is 2.85. The van der Waals surface area contributed by atoms with E-state index in [0.29, 0.717) is 22.2 Å². The van der Waals surface area contributed by atoms with Gasteiger partial charge in [-0.05, 0) is 35.3 Å². The van der Waals surface area contributed by atoms with E-state index in [-0.39, 0.29) is 17.9 Å². The maximum atomic E-state index is 11.6. The third-order valence-electron chi connectivity index (χ3n) is 2.82. The molecular weight excluding hydrogens is 284 g/mol. The van der Waals surface area contributed by atoms with Gasteiger partial charge in [-0.15, -0.1) is 11.6 Å². The molecular formula is C13H11ClN2O4. The summed E-state index contributed by atoms with van der Waals surface area (Å²) in [6, 6.07) is 5.04. The van der Waals surface area contributed by atoms with E-state index in [0.717, 1.165) is 0 Å². The Morgan fingerprint density at radius 3 is 2.70 bits per heavy atom. The molecule has 0 amide bonds. The number of halogens is 1. The number of carbonyl (C=O) groups excluding carboxylic acids is 1. The smallest absolute Gasteiger partial charge is 0.339 e. The van der Waals surface area contributed by atoms with Gasteiger partial charge in [-0.1, -0.05) is 12.1 Å². The molecule has 0 spiro atoms. The lowest BCUT2D eigenvalue weighted by atomic mass is 9.94. The number of alkyl halides is 1. The molecule has 0 aliphatic heterocycles. The minimum Gasteiger partial charge on any atom is -0.478 e. The summed E-state index contributed by atoms with van der Waals surface area (Å²) in [7, 11) is 0. The second-order valence-corrected chi connectivity index (χ2v) is 4.47. The highest BCUT2D eigenvalue weighted by Gasteiger charge is 2.22. The van der Waals surface area contributed by atoms with Crippen LogP contribution in [0.5, 0.6) is 0 Å². The van der Waals surface area contributed by atoms with Crippen molar-refractivity contribution in [2.45, 2.75) is 13.3 Å². The van der Waals surface area contributed by atoms with Gasteiger partial charge in [0, 0.05) is 11.4 Å². The first-order chi connectivity index (χ1) is 9.56. The number of carboxylic acid groups (broad SMARTS) is 1. The molecule has 0 radical (unpaired) electrons. The molecule has 1 N–H and O–H groups in total. The molecule has 1 aromatic carbocycles. The molecule has 104 valence electrons. The molecule has 0 fully saturated rings. The fourth-order valence-corrected chi connectivity index (χ4v) is 2.22. The quantitative estimate of drug-likeness (QED) is 0.393. The van der Waals surface area contributed by atoms with Crippen LogP contribution >= 0.6 is 11.6 Å². The minimum atomic E-state index is -1.29.